The number of carbonyl (C=O) groups excluding carboxylic acids is 1. The van der Waals surface area contributed by atoms with Crippen LogP contribution in [-0.4, -0.2) is 27.2 Å². The molecule has 0 saturated carbocycles. The van der Waals surface area contributed by atoms with Gasteiger partial charge in [-0.1, -0.05) is 0 Å². The number of nitrogens with two attached hydrogens (primary N) is 1. The van der Waals surface area contributed by atoms with E-state index in [1.54, 1.807) is 29.2 Å². The maximum Gasteiger partial charge on any atom is 0.251 e. The summed E-state index contributed by atoms with van der Waals surface area (Å²) < 4.78 is 1.55. The number of nitrogens with one attached hydrogen (secondary N) is 1. The zero-order valence-electron chi connectivity index (χ0n) is 9.42. The quantitative estimate of drug-likeness (QED) is 0.757. The highest BCUT2D eigenvalue weighted by Gasteiger charge is 2.08. The molecular formula is C11H13N5O. The third-order valence-electron chi connectivity index (χ3n) is 2.29. The predicted molar refractivity (Wildman–Crippen MR) is 63.8 cm³/mol. The van der Waals surface area contributed by atoms with Crippen LogP contribution in [0, 0.1) is 0 Å². The molecule has 0 saturated heterocycles. The normalized spacial score (nSPS) is 10.2. The fourth-order valence-corrected chi connectivity index (χ4v) is 1.50. The summed E-state index contributed by atoms with van der Waals surface area (Å²) in [5.41, 5.74) is 7.60. The molecule has 0 atom stereocenters. The highest BCUT2D eigenvalue weighted by atomic mass is 16.1. The van der Waals surface area contributed by atoms with E-state index in [-0.39, 0.29) is 5.91 Å². The number of hydrogen-bond donors (Lipinski definition) is 2. The van der Waals surface area contributed by atoms with E-state index in [2.05, 4.69) is 15.4 Å². The molecule has 0 aliphatic heterocycles. The molecule has 0 aliphatic carbocycles. The van der Waals surface area contributed by atoms with E-state index < -0.39 is 0 Å². The van der Waals surface area contributed by atoms with Crippen LogP contribution in [0.15, 0.2) is 30.9 Å². The van der Waals surface area contributed by atoms with E-state index in [4.69, 9.17) is 5.73 Å². The van der Waals surface area contributed by atoms with Crippen molar-refractivity contribution in [3.8, 4) is 5.69 Å². The van der Waals surface area contributed by atoms with Crippen LogP contribution in [0.4, 0.5) is 5.69 Å². The highest BCUT2D eigenvalue weighted by Crippen LogP contribution is 2.17. The van der Waals surface area contributed by atoms with Crippen molar-refractivity contribution in [1.82, 2.24) is 20.1 Å². The van der Waals surface area contributed by atoms with Gasteiger partial charge in [-0.25, -0.2) is 9.67 Å². The minimum absolute atomic E-state index is 0.135. The number of anilines is 1. The first-order valence-electron chi connectivity index (χ1n) is 5.25. The lowest BCUT2D eigenvalue weighted by atomic mass is 10.1. The molecule has 0 fully saturated rings. The predicted octanol–water partition coefficient (Wildman–Crippen LogP) is 0.599. The van der Waals surface area contributed by atoms with Crippen molar-refractivity contribution < 1.29 is 4.79 Å². The molecule has 1 heterocycles. The molecule has 6 heteroatoms. The van der Waals surface area contributed by atoms with Crippen LogP contribution in [0.2, 0.25) is 0 Å². The minimum atomic E-state index is -0.135. The molecule has 2 aromatic rings. The number of rotatable bonds is 3. The lowest BCUT2D eigenvalue weighted by Crippen LogP contribution is -2.22. The lowest BCUT2D eigenvalue weighted by Gasteiger charge is -2.07. The zero-order chi connectivity index (χ0) is 12.3. The summed E-state index contributed by atoms with van der Waals surface area (Å²) in [6.45, 7) is 2.45. The number of carbonyl (C=O) groups is 1. The molecule has 0 spiro atoms. The summed E-state index contributed by atoms with van der Waals surface area (Å²) in [6.07, 6.45) is 2.98. The van der Waals surface area contributed by atoms with Gasteiger partial charge >= 0.3 is 0 Å². The third kappa shape index (κ3) is 2.25. The zero-order valence-corrected chi connectivity index (χ0v) is 9.42. The Hall–Kier alpha value is -2.37. The van der Waals surface area contributed by atoms with Crippen molar-refractivity contribution in [3.63, 3.8) is 0 Å². The van der Waals surface area contributed by atoms with Gasteiger partial charge in [0.2, 0.25) is 0 Å². The maximum atomic E-state index is 11.6. The summed E-state index contributed by atoms with van der Waals surface area (Å²) in [4.78, 5) is 15.4. The third-order valence-corrected chi connectivity index (χ3v) is 2.29. The molecule has 3 N–H and O–H groups in total. The molecule has 1 aromatic carbocycles. The molecule has 1 amide bonds. The smallest absolute Gasteiger partial charge is 0.251 e. The van der Waals surface area contributed by atoms with E-state index in [9.17, 15) is 4.79 Å². The van der Waals surface area contributed by atoms with Crippen LogP contribution in [0.25, 0.3) is 5.69 Å². The average molecular weight is 231 g/mol. The van der Waals surface area contributed by atoms with Crippen LogP contribution in [0.1, 0.15) is 17.3 Å². The van der Waals surface area contributed by atoms with Crippen LogP contribution in [0.3, 0.4) is 0 Å². The van der Waals surface area contributed by atoms with Crippen LogP contribution < -0.4 is 11.1 Å². The van der Waals surface area contributed by atoms with Gasteiger partial charge in [-0.15, -0.1) is 0 Å². The number of nitrogen functional groups attached to an aromatic ring is 1. The van der Waals surface area contributed by atoms with Crippen molar-refractivity contribution in [2.24, 2.45) is 0 Å². The summed E-state index contributed by atoms with van der Waals surface area (Å²) >= 11 is 0. The van der Waals surface area contributed by atoms with Gasteiger partial charge in [-0.2, -0.15) is 5.10 Å². The fourth-order valence-electron chi connectivity index (χ4n) is 1.50. The highest BCUT2D eigenvalue weighted by molar-refractivity contribution is 5.95. The Labute approximate surface area is 98.5 Å². The molecular weight excluding hydrogens is 218 g/mol. The van der Waals surface area contributed by atoms with Gasteiger partial charge in [0, 0.05) is 12.1 Å². The van der Waals surface area contributed by atoms with Gasteiger partial charge in [0.05, 0.1) is 11.4 Å². The fraction of sp³-hybridized carbons (Fsp3) is 0.182. The van der Waals surface area contributed by atoms with Crippen molar-refractivity contribution >= 4 is 11.6 Å². The van der Waals surface area contributed by atoms with Gasteiger partial charge in [0.1, 0.15) is 12.7 Å². The van der Waals surface area contributed by atoms with Gasteiger partial charge in [-0.05, 0) is 25.1 Å². The molecule has 17 heavy (non-hydrogen) atoms. The Kier molecular flexibility index (Phi) is 3.04. The van der Waals surface area contributed by atoms with Crippen molar-refractivity contribution in [2.45, 2.75) is 6.92 Å². The molecule has 88 valence electrons. The number of amides is 1. The first-order valence-corrected chi connectivity index (χ1v) is 5.25. The Morgan fingerprint density at radius 2 is 2.35 bits per heavy atom. The summed E-state index contributed by atoms with van der Waals surface area (Å²) in [7, 11) is 0. The summed E-state index contributed by atoms with van der Waals surface area (Å²) in [6, 6.07) is 5.08. The monoisotopic (exact) mass is 231 g/mol. The lowest BCUT2D eigenvalue weighted by molar-refractivity contribution is 0.0956. The van der Waals surface area contributed by atoms with Gasteiger partial charge in [0.15, 0.2) is 0 Å². The Morgan fingerprint density at radius 1 is 1.53 bits per heavy atom. The van der Waals surface area contributed by atoms with Crippen molar-refractivity contribution in [1.29, 1.82) is 0 Å². The van der Waals surface area contributed by atoms with Crippen LogP contribution >= 0.6 is 0 Å². The second kappa shape index (κ2) is 4.65. The van der Waals surface area contributed by atoms with Crippen molar-refractivity contribution in [2.75, 3.05) is 12.3 Å². The molecule has 0 bridgehead atoms. The number of aromatic nitrogens is 3. The number of hydrogen-bond acceptors (Lipinski definition) is 4. The van der Waals surface area contributed by atoms with E-state index in [1.165, 1.54) is 6.33 Å². The standard InChI is InChI=1S/C11H13N5O/c1-2-14-11(17)8-3-4-10(9(12)5-8)16-7-13-6-15-16/h3-7H,2,12H2,1H3,(H,14,17). The van der Waals surface area contributed by atoms with Crippen molar-refractivity contribution in [3.05, 3.63) is 36.4 Å². The molecule has 0 unspecified atom stereocenters. The van der Waals surface area contributed by atoms with Gasteiger partial charge in [0.25, 0.3) is 5.91 Å². The second-order valence-electron chi connectivity index (χ2n) is 3.47. The van der Waals surface area contributed by atoms with Gasteiger partial charge < -0.3 is 11.1 Å². The van der Waals surface area contributed by atoms with E-state index in [0.717, 1.165) is 0 Å². The molecule has 0 aliphatic rings. The summed E-state index contributed by atoms with van der Waals surface area (Å²) in [5.74, 6) is -0.135. The molecule has 6 nitrogen and oxygen atoms in total. The van der Waals surface area contributed by atoms with Crippen LogP contribution in [0.5, 0.6) is 0 Å². The van der Waals surface area contributed by atoms with E-state index in [1.807, 2.05) is 6.92 Å². The Balaban J connectivity index is 2.32. The molecule has 0 radical (unpaired) electrons. The largest absolute Gasteiger partial charge is 0.397 e. The van der Waals surface area contributed by atoms with E-state index >= 15 is 0 Å². The van der Waals surface area contributed by atoms with Gasteiger partial charge in [-0.3, -0.25) is 4.79 Å². The number of nitrogens with zero attached hydrogens (tertiary/aromatic N) is 3. The Morgan fingerprint density at radius 3 is 2.94 bits per heavy atom. The summed E-state index contributed by atoms with van der Waals surface area (Å²) in [5, 5.41) is 6.70. The van der Waals surface area contributed by atoms with Crippen LogP contribution in [-0.2, 0) is 0 Å². The molecule has 2 rings (SSSR count). The topological polar surface area (TPSA) is 85.8 Å². The first kappa shape index (κ1) is 11.1. The second-order valence-corrected chi connectivity index (χ2v) is 3.47. The minimum Gasteiger partial charge on any atom is -0.397 e. The SMILES string of the molecule is CCNC(=O)c1ccc(-n2cncn2)c(N)c1. The average Bonchev–Trinajstić information content (AvgIpc) is 2.82. The maximum absolute atomic E-state index is 11.6. The Bertz CT molecular complexity index is 521. The number of benzene rings is 1. The first-order chi connectivity index (χ1) is 8.22. The van der Waals surface area contributed by atoms with E-state index in [0.29, 0.717) is 23.5 Å². The molecule has 1 aromatic heterocycles.